The molecular formula is C23H22N2O3S2. The van der Waals surface area contributed by atoms with E-state index < -0.39 is 20.1 Å². The van der Waals surface area contributed by atoms with Crippen LogP contribution in [0, 0.1) is 11.8 Å². The highest BCUT2D eigenvalue weighted by Gasteiger charge is 2.62. The van der Waals surface area contributed by atoms with E-state index in [9.17, 15) is 8.42 Å². The standard InChI is InChI=1S/C23H22N2O3S2/c1-4-5-14-10-16-17-11-15(6-7-19(17)29-20(16)12-18(14)28-3)22(2)13-30(26,27)23(8-9-23)21(24)25-22/h6-7,10-12H,8-9,13H2,1-3H3,(H2,24,25)/t22-/m0/s1. The van der Waals surface area contributed by atoms with E-state index in [0.717, 1.165) is 37.0 Å². The zero-order chi connectivity index (χ0) is 21.3. The molecule has 1 saturated carbocycles. The van der Waals surface area contributed by atoms with Gasteiger partial charge in [0.05, 0.1) is 24.0 Å². The number of sulfone groups is 1. The molecule has 7 heteroatoms. The van der Waals surface area contributed by atoms with Crippen molar-refractivity contribution in [1.29, 1.82) is 0 Å². The summed E-state index contributed by atoms with van der Waals surface area (Å²) in [5.74, 6) is 7.03. The van der Waals surface area contributed by atoms with Gasteiger partial charge < -0.3 is 10.5 Å². The molecule has 1 aromatic heterocycles. The molecule has 30 heavy (non-hydrogen) atoms. The van der Waals surface area contributed by atoms with E-state index in [0.29, 0.717) is 12.8 Å². The minimum Gasteiger partial charge on any atom is -0.495 e. The fourth-order valence-electron chi connectivity index (χ4n) is 4.44. The first-order chi connectivity index (χ1) is 14.2. The maximum atomic E-state index is 13.0. The van der Waals surface area contributed by atoms with Gasteiger partial charge in [0, 0.05) is 20.2 Å². The van der Waals surface area contributed by atoms with Gasteiger partial charge in [-0.2, -0.15) is 0 Å². The lowest BCUT2D eigenvalue weighted by atomic mass is 9.92. The van der Waals surface area contributed by atoms with Crippen molar-refractivity contribution in [2.75, 3.05) is 12.9 Å². The fraction of sp³-hybridized carbons (Fsp3) is 0.348. The third kappa shape index (κ3) is 2.60. The Labute approximate surface area is 179 Å². The molecule has 1 aliphatic carbocycles. The number of thiophene rings is 1. The summed E-state index contributed by atoms with van der Waals surface area (Å²) in [4.78, 5) is 4.72. The smallest absolute Gasteiger partial charge is 0.165 e. The van der Waals surface area contributed by atoms with E-state index in [4.69, 9.17) is 15.5 Å². The van der Waals surface area contributed by atoms with E-state index in [1.54, 1.807) is 25.4 Å². The largest absolute Gasteiger partial charge is 0.495 e. The summed E-state index contributed by atoms with van der Waals surface area (Å²) in [6, 6.07) is 10.1. The highest BCUT2D eigenvalue weighted by Crippen LogP contribution is 2.50. The molecule has 1 aliphatic heterocycles. The summed E-state index contributed by atoms with van der Waals surface area (Å²) >= 11 is 1.68. The minimum absolute atomic E-state index is 0.0192. The van der Waals surface area contributed by atoms with Gasteiger partial charge in [-0.05, 0) is 56.5 Å². The first-order valence-corrected chi connectivity index (χ1v) is 12.3. The van der Waals surface area contributed by atoms with Gasteiger partial charge in [0.15, 0.2) is 9.84 Å². The molecule has 1 fully saturated rings. The second kappa shape index (κ2) is 6.22. The first kappa shape index (κ1) is 19.4. The Hall–Kier alpha value is -2.56. The summed E-state index contributed by atoms with van der Waals surface area (Å²) in [5, 5.41) is 2.14. The molecule has 2 aliphatic rings. The predicted octanol–water partition coefficient (Wildman–Crippen LogP) is 3.97. The summed E-state index contributed by atoms with van der Waals surface area (Å²) in [5.41, 5.74) is 6.98. The third-order valence-electron chi connectivity index (χ3n) is 6.28. The van der Waals surface area contributed by atoms with Crippen LogP contribution in [0.25, 0.3) is 20.2 Å². The highest BCUT2D eigenvalue weighted by molar-refractivity contribution is 7.94. The number of fused-ring (bicyclic) bond motifs is 3. The molecule has 1 atom stereocenters. The Morgan fingerprint density at radius 3 is 2.53 bits per heavy atom. The summed E-state index contributed by atoms with van der Waals surface area (Å²) in [6.45, 7) is 3.66. The number of rotatable bonds is 2. The molecular weight excluding hydrogens is 416 g/mol. The highest BCUT2D eigenvalue weighted by atomic mass is 32.2. The van der Waals surface area contributed by atoms with Gasteiger partial charge >= 0.3 is 0 Å². The van der Waals surface area contributed by atoms with E-state index in [-0.39, 0.29) is 11.6 Å². The number of hydrogen-bond acceptors (Lipinski definition) is 6. The molecule has 0 amide bonds. The van der Waals surface area contributed by atoms with Gasteiger partial charge in [-0.3, -0.25) is 4.99 Å². The molecule has 5 nitrogen and oxygen atoms in total. The number of nitrogens with zero attached hydrogens (tertiary/aromatic N) is 1. The Kier molecular flexibility index (Phi) is 4.03. The summed E-state index contributed by atoms with van der Waals surface area (Å²) in [6.07, 6.45) is 1.16. The van der Waals surface area contributed by atoms with E-state index in [2.05, 4.69) is 17.9 Å². The summed E-state index contributed by atoms with van der Waals surface area (Å²) in [7, 11) is -1.70. The monoisotopic (exact) mass is 438 g/mol. The van der Waals surface area contributed by atoms with Crippen LogP contribution in [0.3, 0.4) is 0 Å². The van der Waals surface area contributed by atoms with Crippen LogP contribution >= 0.6 is 11.3 Å². The Bertz CT molecular complexity index is 1420. The second-order valence-electron chi connectivity index (χ2n) is 8.26. The molecule has 1 spiro atoms. The number of amidine groups is 1. The fourth-order valence-corrected chi connectivity index (χ4v) is 7.87. The average molecular weight is 439 g/mol. The molecule has 0 unspecified atom stereocenters. The van der Waals surface area contributed by atoms with Gasteiger partial charge in [-0.15, -0.1) is 17.3 Å². The number of ether oxygens (including phenoxy) is 1. The average Bonchev–Trinajstić information content (AvgIpc) is 3.44. The van der Waals surface area contributed by atoms with E-state index in [1.165, 1.54) is 0 Å². The Balaban J connectivity index is 1.71. The van der Waals surface area contributed by atoms with Crippen LogP contribution in [0.5, 0.6) is 5.75 Å². The van der Waals surface area contributed by atoms with Gasteiger partial charge in [-0.25, -0.2) is 8.42 Å². The Morgan fingerprint density at radius 1 is 1.17 bits per heavy atom. The van der Waals surface area contributed by atoms with Gasteiger partial charge in [0.2, 0.25) is 0 Å². The molecule has 2 N–H and O–H groups in total. The first-order valence-electron chi connectivity index (χ1n) is 9.79. The SMILES string of the molecule is CC#Cc1cc2c(cc1OC)sc1ccc([C@]3(C)CS(=O)(=O)C4(CC4)C(N)=N3)cc12. The van der Waals surface area contributed by atoms with Gasteiger partial charge in [-0.1, -0.05) is 12.0 Å². The zero-order valence-electron chi connectivity index (χ0n) is 17.1. The second-order valence-corrected chi connectivity index (χ2v) is 11.6. The third-order valence-corrected chi connectivity index (χ3v) is 10.2. The van der Waals surface area contributed by atoms with Crippen molar-refractivity contribution < 1.29 is 13.2 Å². The number of aliphatic imine (C=N–C) groups is 1. The van der Waals surface area contributed by atoms with Crippen molar-refractivity contribution in [3.8, 4) is 17.6 Å². The number of benzene rings is 2. The van der Waals surface area contributed by atoms with E-state index >= 15 is 0 Å². The molecule has 3 aromatic rings. The van der Waals surface area contributed by atoms with Crippen molar-refractivity contribution >= 4 is 47.2 Å². The zero-order valence-corrected chi connectivity index (χ0v) is 18.7. The van der Waals surface area contributed by atoms with Gasteiger partial charge in [0.25, 0.3) is 0 Å². The number of nitrogens with two attached hydrogens (primary N) is 1. The van der Waals surface area contributed by atoms with Gasteiger partial charge in [0.1, 0.15) is 16.3 Å². The number of methoxy groups -OCH3 is 1. The van der Waals surface area contributed by atoms with Crippen LogP contribution in [0.15, 0.2) is 35.3 Å². The molecule has 2 aromatic carbocycles. The van der Waals surface area contributed by atoms with Crippen LogP contribution < -0.4 is 10.5 Å². The maximum absolute atomic E-state index is 13.0. The van der Waals surface area contributed by atoms with E-state index in [1.807, 2.05) is 31.2 Å². The van der Waals surface area contributed by atoms with Crippen molar-refractivity contribution in [3.05, 3.63) is 41.5 Å². The molecule has 5 rings (SSSR count). The molecule has 0 saturated heterocycles. The molecule has 0 radical (unpaired) electrons. The van der Waals surface area contributed by atoms with Crippen LogP contribution in [0.4, 0.5) is 0 Å². The van der Waals surface area contributed by atoms with Crippen molar-refractivity contribution in [2.24, 2.45) is 10.7 Å². The summed E-state index contributed by atoms with van der Waals surface area (Å²) < 4.78 is 32.8. The maximum Gasteiger partial charge on any atom is 0.165 e. The lowest BCUT2D eigenvalue weighted by molar-refractivity contribution is 0.414. The van der Waals surface area contributed by atoms with Crippen LogP contribution in [0.1, 0.15) is 37.8 Å². The molecule has 2 heterocycles. The lowest BCUT2D eigenvalue weighted by Crippen LogP contribution is -2.50. The van der Waals surface area contributed by atoms with Crippen LogP contribution in [0.2, 0.25) is 0 Å². The van der Waals surface area contributed by atoms with Crippen molar-refractivity contribution in [2.45, 2.75) is 37.0 Å². The minimum atomic E-state index is -3.35. The van der Waals surface area contributed by atoms with Crippen LogP contribution in [-0.4, -0.2) is 31.9 Å². The van der Waals surface area contributed by atoms with Crippen LogP contribution in [-0.2, 0) is 15.4 Å². The molecule has 154 valence electrons. The topological polar surface area (TPSA) is 81.8 Å². The normalized spacial score (nSPS) is 23.8. The van der Waals surface area contributed by atoms with Crippen molar-refractivity contribution in [3.63, 3.8) is 0 Å². The lowest BCUT2D eigenvalue weighted by Gasteiger charge is -2.34. The predicted molar refractivity (Wildman–Crippen MR) is 123 cm³/mol. The van der Waals surface area contributed by atoms with Crippen molar-refractivity contribution in [1.82, 2.24) is 0 Å². The number of hydrogen-bond donors (Lipinski definition) is 1. The quantitative estimate of drug-likeness (QED) is 0.614. The Morgan fingerprint density at radius 2 is 1.90 bits per heavy atom. The molecule has 0 bridgehead atoms.